The van der Waals surface area contributed by atoms with Crippen LogP contribution in [0.4, 0.5) is 5.69 Å². The van der Waals surface area contributed by atoms with E-state index in [-0.39, 0.29) is 11.9 Å². The highest BCUT2D eigenvalue weighted by molar-refractivity contribution is 7.14. The van der Waals surface area contributed by atoms with Gasteiger partial charge in [-0.2, -0.15) is 0 Å². The Bertz CT molecular complexity index is 1160. The number of likely N-dealkylation sites (N-methyl/N-ethyl adjacent to an activating group) is 1. The second-order valence-electron chi connectivity index (χ2n) is 8.82. The van der Waals surface area contributed by atoms with Crippen molar-refractivity contribution in [1.82, 2.24) is 15.2 Å². The minimum absolute atomic E-state index is 0.102. The average Bonchev–Trinajstić information content (AvgIpc) is 3.26. The number of hydrogen-bond donors (Lipinski definition) is 1. The molecule has 5 rings (SSSR count). The molecule has 0 spiro atoms. The molecule has 0 aliphatic carbocycles. The molecule has 2 aliphatic rings. The predicted octanol–water partition coefficient (Wildman–Crippen LogP) is 4.84. The third-order valence-electron chi connectivity index (χ3n) is 6.68. The number of amides is 1. The predicted molar refractivity (Wildman–Crippen MR) is 137 cm³/mol. The van der Waals surface area contributed by atoms with Crippen molar-refractivity contribution in [3.05, 3.63) is 76.1 Å². The number of anilines is 1. The van der Waals surface area contributed by atoms with Crippen molar-refractivity contribution in [3.8, 4) is 11.3 Å². The van der Waals surface area contributed by atoms with E-state index in [1.165, 1.54) is 22.6 Å². The van der Waals surface area contributed by atoms with E-state index in [0.717, 1.165) is 53.6 Å². The maximum absolute atomic E-state index is 14.0. The monoisotopic (exact) mass is 458 g/mol. The van der Waals surface area contributed by atoms with Crippen LogP contribution in [-0.2, 0) is 0 Å². The maximum Gasteiger partial charge on any atom is 0.266 e. The van der Waals surface area contributed by atoms with E-state index in [4.69, 9.17) is 4.98 Å². The Balaban J connectivity index is 1.45. The fourth-order valence-corrected chi connectivity index (χ4v) is 5.84. The fourth-order valence-electron chi connectivity index (χ4n) is 4.94. The number of rotatable bonds is 5. The van der Waals surface area contributed by atoms with Crippen molar-refractivity contribution in [2.75, 3.05) is 31.6 Å². The van der Waals surface area contributed by atoms with E-state index in [0.29, 0.717) is 6.04 Å². The van der Waals surface area contributed by atoms with Gasteiger partial charge in [-0.1, -0.05) is 60.7 Å². The molecule has 3 heterocycles. The van der Waals surface area contributed by atoms with Crippen molar-refractivity contribution in [1.29, 1.82) is 0 Å². The Morgan fingerprint density at radius 2 is 1.91 bits per heavy atom. The first-order valence-electron chi connectivity index (χ1n) is 11.7. The molecule has 1 fully saturated rings. The van der Waals surface area contributed by atoms with Crippen molar-refractivity contribution in [3.63, 3.8) is 0 Å². The Morgan fingerprint density at radius 1 is 1.12 bits per heavy atom. The number of aromatic nitrogens is 1. The summed E-state index contributed by atoms with van der Waals surface area (Å²) in [4.78, 5) is 24.0. The van der Waals surface area contributed by atoms with Gasteiger partial charge in [0.25, 0.3) is 5.91 Å². The SMILES string of the molecule is CNC1CCC(CN2CC=Cc3ccccc32)N(C(=O)c2sc(C)nc2-c2ccccc2)C1. The van der Waals surface area contributed by atoms with Crippen LogP contribution < -0.4 is 10.2 Å². The Labute approximate surface area is 199 Å². The first kappa shape index (κ1) is 21.9. The lowest BCUT2D eigenvalue weighted by atomic mass is 9.96. The number of likely N-dealkylation sites (tertiary alicyclic amines) is 1. The normalized spacial score (nSPS) is 20.1. The molecule has 0 bridgehead atoms. The third kappa shape index (κ3) is 4.45. The molecule has 5 nitrogen and oxygen atoms in total. The van der Waals surface area contributed by atoms with Crippen LogP contribution in [0, 0.1) is 6.92 Å². The van der Waals surface area contributed by atoms with Gasteiger partial charge in [-0.15, -0.1) is 11.3 Å². The number of piperidine rings is 1. The first-order chi connectivity index (χ1) is 16.1. The number of thiazole rings is 1. The largest absolute Gasteiger partial charge is 0.365 e. The molecular formula is C27H30N4OS. The van der Waals surface area contributed by atoms with Crippen molar-refractivity contribution < 1.29 is 4.79 Å². The number of carbonyl (C=O) groups excluding carboxylic acids is 1. The van der Waals surface area contributed by atoms with Gasteiger partial charge in [-0.3, -0.25) is 4.79 Å². The molecule has 1 N–H and O–H groups in total. The molecule has 3 aromatic rings. The lowest BCUT2D eigenvalue weighted by Gasteiger charge is -2.42. The number of hydrogen-bond acceptors (Lipinski definition) is 5. The van der Waals surface area contributed by atoms with E-state index in [9.17, 15) is 4.79 Å². The molecule has 1 saturated heterocycles. The molecule has 2 atom stereocenters. The Kier molecular flexibility index (Phi) is 6.29. The quantitative estimate of drug-likeness (QED) is 0.594. The van der Waals surface area contributed by atoms with Crippen LogP contribution in [0.1, 0.15) is 33.1 Å². The van der Waals surface area contributed by atoms with Gasteiger partial charge in [0.05, 0.1) is 10.7 Å². The van der Waals surface area contributed by atoms with Crippen LogP contribution in [0.2, 0.25) is 0 Å². The summed E-state index contributed by atoms with van der Waals surface area (Å²) in [5, 5.41) is 4.32. The van der Waals surface area contributed by atoms with Gasteiger partial charge in [0.15, 0.2) is 0 Å². The van der Waals surface area contributed by atoms with Crippen LogP contribution in [0.15, 0.2) is 60.7 Å². The van der Waals surface area contributed by atoms with E-state index >= 15 is 0 Å². The number of nitrogens with one attached hydrogen (secondary N) is 1. The van der Waals surface area contributed by atoms with Gasteiger partial charge >= 0.3 is 0 Å². The summed E-state index contributed by atoms with van der Waals surface area (Å²) >= 11 is 1.51. The van der Waals surface area contributed by atoms with Crippen LogP contribution >= 0.6 is 11.3 Å². The topological polar surface area (TPSA) is 48.5 Å². The third-order valence-corrected chi connectivity index (χ3v) is 7.64. The van der Waals surface area contributed by atoms with Gasteiger partial charge in [0.1, 0.15) is 4.88 Å². The molecule has 1 amide bonds. The van der Waals surface area contributed by atoms with E-state index in [2.05, 4.69) is 51.5 Å². The lowest BCUT2D eigenvalue weighted by Crippen LogP contribution is -2.55. The van der Waals surface area contributed by atoms with Crippen LogP contribution in [0.3, 0.4) is 0 Å². The van der Waals surface area contributed by atoms with Crippen molar-refractivity contribution in [2.24, 2.45) is 0 Å². The minimum Gasteiger partial charge on any atom is -0.365 e. The summed E-state index contributed by atoms with van der Waals surface area (Å²) in [7, 11) is 1.99. The number of fused-ring (bicyclic) bond motifs is 1. The number of benzene rings is 2. The van der Waals surface area contributed by atoms with Crippen molar-refractivity contribution >= 4 is 29.0 Å². The minimum atomic E-state index is 0.102. The fraction of sp³-hybridized carbons (Fsp3) is 0.333. The number of aryl methyl sites for hydroxylation is 1. The molecule has 170 valence electrons. The zero-order valence-electron chi connectivity index (χ0n) is 19.2. The average molecular weight is 459 g/mol. The van der Waals surface area contributed by atoms with Gasteiger partial charge in [0.2, 0.25) is 0 Å². The van der Waals surface area contributed by atoms with Crippen molar-refractivity contribution in [2.45, 2.75) is 31.8 Å². The van der Waals surface area contributed by atoms with Gasteiger partial charge in [-0.25, -0.2) is 4.98 Å². The molecule has 33 heavy (non-hydrogen) atoms. The standard InChI is InChI=1S/C27H30N4OS/c1-19-29-25(21-10-4-3-5-11-21)26(33-19)27(32)31-17-22(28-2)14-15-23(31)18-30-16-8-12-20-9-6-7-13-24(20)30/h3-13,22-23,28H,14-18H2,1-2H3. The molecule has 0 radical (unpaired) electrons. The maximum atomic E-state index is 14.0. The lowest BCUT2D eigenvalue weighted by molar-refractivity contribution is 0.0586. The number of carbonyl (C=O) groups is 1. The summed E-state index contributed by atoms with van der Waals surface area (Å²) in [5.41, 5.74) is 4.30. The highest BCUT2D eigenvalue weighted by Crippen LogP contribution is 2.32. The number of para-hydroxylation sites is 1. The van der Waals surface area contributed by atoms with Crippen LogP contribution in [0.5, 0.6) is 0 Å². The van der Waals surface area contributed by atoms with Gasteiger partial charge < -0.3 is 15.1 Å². The van der Waals surface area contributed by atoms with Crippen LogP contribution in [0.25, 0.3) is 17.3 Å². The van der Waals surface area contributed by atoms with Crippen LogP contribution in [-0.4, -0.2) is 54.6 Å². The summed E-state index contributed by atoms with van der Waals surface area (Å²) in [6.07, 6.45) is 6.47. The second-order valence-corrected chi connectivity index (χ2v) is 10.0. The zero-order valence-corrected chi connectivity index (χ0v) is 20.0. The van der Waals surface area contributed by atoms with Gasteiger partial charge in [0, 0.05) is 43.0 Å². The van der Waals surface area contributed by atoms with E-state index < -0.39 is 0 Å². The summed E-state index contributed by atoms with van der Waals surface area (Å²) in [6.45, 7) is 4.41. The van der Waals surface area contributed by atoms with E-state index in [1.54, 1.807) is 0 Å². The molecule has 2 aliphatic heterocycles. The zero-order chi connectivity index (χ0) is 22.8. The summed E-state index contributed by atoms with van der Waals surface area (Å²) in [6, 6.07) is 19.1. The molecule has 0 saturated carbocycles. The van der Waals surface area contributed by atoms with Gasteiger partial charge in [-0.05, 0) is 38.4 Å². The number of nitrogens with zero attached hydrogens (tertiary/aromatic N) is 3. The highest BCUT2D eigenvalue weighted by Gasteiger charge is 2.35. The molecule has 2 unspecified atom stereocenters. The summed E-state index contributed by atoms with van der Waals surface area (Å²) in [5.74, 6) is 0.102. The summed E-state index contributed by atoms with van der Waals surface area (Å²) < 4.78 is 0. The Morgan fingerprint density at radius 3 is 2.73 bits per heavy atom. The second kappa shape index (κ2) is 9.49. The van der Waals surface area contributed by atoms with E-state index in [1.807, 2.05) is 44.3 Å². The smallest absolute Gasteiger partial charge is 0.266 e. The highest BCUT2D eigenvalue weighted by atomic mass is 32.1. The molecular weight excluding hydrogens is 428 g/mol. The first-order valence-corrected chi connectivity index (χ1v) is 12.5. The Hall–Kier alpha value is -2.96. The molecule has 6 heteroatoms. The molecule has 2 aromatic carbocycles. The molecule has 1 aromatic heterocycles.